The molecule has 1 atom stereocenters. The average Bonchev–Trinajstić information content (AvgIpc) is 3.36. The summed E-state index contributed by atoms with van der Waals surface area (Å²) in [6.45, 7) is 2.33. The standard InChI is InChI=1S/C23H20N2O3S/c1-2-15-8-10-16(11-9-15)21(26)19-20(18-7-3-4-12-24-18)25(23(28)22(19)27)14-17-6-5-13-29-17/h3-13,20,26H,2,14H2,1H3/b21-19-. The number of hydrogen-bond acceptors (Lipinski definition) is 5. The molecular weight excluding hydrogens is 384 g/mol. The number of benzene rings is 1. The summed E-state index contributed by atoms with van der Waals surface area (Å²) < 4.78 is 0. The first-order chi connectivity index (χ1) is 14.1. The van der Waals surface area contributed by atoms with Gasteiger partial charge in [-0.15, -0.1) is 11.3 Å². The number of aromatic nitrogens is 1. The Morgan fingerprint density at radius 3 is 2.52 bits per heavy atom. The molecule has 1 N–H and O–H groups in total. The maximum Gasteiger partial charge on any atom is 0.296 e. The Labute approximate surface area is 173 Å². The van der Waals surface area contributed by atoms with E-state index in [0.29, 0.717) is 11.3 Å². The van der Waals surface area contributed by atoms with Crippen LogP contribution in [-0.4, -0.2) is 26.7 Å². The Kier molecular flexibility index (Phi) is 5.27. The lowest BCUT2D eigenvalue weighted by Crippen LogP contribution is -2.29. The van der Waals surface area contributed by atoms with E-state index in [-0.39, 0.29) is 17.9 Å². The third-order valence-corrected chi connectivity index (χ3v) is 5.91. The number of aliphatic hydroxyl groups excluding tert-OH is 1. The number of ketones is 1. The van der Waals surface area contributed by atoms with Crippen LogP contribution in [0, 0.1) is 0 Å². The highest BCUT2D eigenvalue weighted by Crippen LogP contribution is 2.39. The van der Waals surface area contributed by atoms with Crippen LogP contribution in [0.1, 0.15) is 34.7 Å². The number of aryl methyl sites for hydroxylation is 1. The molecule has 1 aliphatic rings. The van der Waals surface area contributed by atoms with Crippen molar-refractivity contribution < 1.29 is 14.7 Å². The number of likely N-dealkylation sites (tertiary alicyclic amines) is 1. The maximum atomic E-state index is 12.9. The maximum absolute atomic E-state index is 12.9. The van der Waals surface area contributed by atoms with Gasteiger partial charge in [0.05, 0.1) is 17.8 Å². The zero-order valence-electron chi connectivity index (χ0n) is 15.9. The summed E-state index contributed by atoms with van der Waals surface area (Å²) in [5, 5.41) is 12.9. The predicted octanol–water partition coefficient (Wildman–Crippen LogP) is 4.33. The number of thiophene rings is 1. The highest BCUT2D eigenvalue weighted by atomic mass is 32.1. The molecule has 6 heteroatoms. The smallest absolute Gasteiger partial charge is 0.296 e. The second-order valence-electron chi connectivity index (χ2n) is 6.81. The summed E-state index contributed by atoms with van der Waals surface area (Å²) in [4.78, 5) is 32.6. The number of amides is 1. The zero-order chi connectivity index (χ0) is 20.4. The SMILES string of the molecule is CCc1ccc(/C(O)=C2/C(=O)C(=O)N(Cc3cccs3)C2c2ccccn2)cc1. The third-order valence-electron chi connectivity index (χ3n) is 5.05. The van der Waals surface area contributed by atoms with Crippen LogP contribution >= 0.6 is 11.3 Å². The number of nitrogens with zero attached hydrogens (tertiary/aromatic N) is 2. The van der Waals surface area contributed by atoms with Gasteiger partial charge in [0.2, 0.25) is 0 Å². The predicted molar refractivity (Wildman–Crippen MR) is 112 cm³/mol. The minimum Gasteiger partial charge on any atom is -0.507 e. The summed E-state index contributed by atoms with van der Waals surface area (Å²) in [7, 11) is 0. The van der Waals surface area contributed by atoms with Gasteiger partial charge in [0, 0.05) is 16.6 Å². The molecule has 146 valence electrons. The molecule has 2 aromatic heterocycles. The fourth-order valence-electron chi connectivity index (χ4n) is 3.51. The van der Waals surface area contributed by atoms with Gasteiger partial charge in [-0.1, -0.05) is 43.3 Å². The molecule has 0 spiro atoms. The Bertz CT molecular complexity index is 1060. The van der Waals surface area contributed by atoms with Crippen LogP contribution in [-0.2, 0) is 22.6 Å². The molecule has 5 nitrogen and oxygen atoms in total. The van der Waals surface area contributed by atoms with E-state index in [9.17, 15) is 14.7 Å². The second-order valence-corrected chi connectivity index (χ2v) is 7.84. The van der Waals surface area contributed by atoms with Crippen LogP contribution in [0.15, 0.2) is 71.7 Å². The first-order valence-corrected chi connectivity index (χ1v) is 10.3. The summed E-state index contributed by atoms with van der Waals surface area (Å²) >= 11 is 1.52. The van der Waals surface area contributed by atoms with Crippen LogP contribution in [0.3, 0.4) is 0 Å². The second kappa shape index (κ2) is 8.01. The summed E-state index contributed by atoms with van der Waals surface area (Å²) in [6.07, 6.45) is 2.50. The van der Waals surface area contributed by atoms with E-state index in [4.69, 9.17) is 0 Å². The molecule has 0 radical (unpaired) electrons. The number of aliphatic hydroxyl groups is 1. The molecule has 4 rings (SSSR count). The van der Waals surface area contributed by atoms with Crippen molar-refractivity contribution in [2.75, 3.05) is 0 Å². The van der Waals surface area contributed by atoms with Gasteiger partial charge in [-0.05, 0) is 35.6 Å². The van der Waals surface area contributed by atoms with Gasteiger partial charge in [-0.25, -0.2) is 0 Å². The fraction of sp³-hybridized carbons (Fsp3) is 0.174. The monoisotopic (exact) mass is 404 g/mol. The highest BCUT2D eigenvalue weighted by molar-refractivity contribution is 7.09. The molecule has 1 aliphatic heterocycles. The van der Waals surface area contributed by atoms with Crippen LogP contribution < -0.4 is 0 Å². The molecule has 1 fully saturated rings. The molecule has 3 heterocycles. The van der Waals surface area contributed by atoms with Gasteiger partial charge in [-0.3, -0.25) is 14.6 Å². The van der Waals surface area contributed by atoms with Crippen LogP contribution in [0.4, 0.5) is 0 Å². The van der Waals surface area contributed by atoms with E-state index < -0.39 is 17.7 Å². The van der Waals surface area contributed by atoms with Crippen LogP contribution in [0.5, 0.6) is 0 Å². The number of Topliss-reactive ketones (excluding diaryl/α,β-unsaturated/α-hetero) is 1. The van der Waals surface area contributed by atoms with Crippen molar-refractivity contribution in [3.63, 3.8) is 0 Å². The Morgan fingerprint density at radius 1 is 1.10 bits per heavy atom. The summed E-state index contributed by atoms with van der Waals surface area (Å²) in [5.41, 5.74) is 2.27. The van der Waals surface area contributed by atoms with Crippen molar-refractivity contribution in [1.29, 1.82) is 0 Å². The molecule has 29 heavy (non-hydrogen) atoms. The Balaban J connectivity index is 1.83. The van der Waals surface area contributed by atoms with E-state index in [1.807, 2.05) is 42.6 Å². The number of carbonyl (C=O) groups is 2. The molecule has 1 saturated heterocycles. The Hall–Kier alpha value is -3.25. The quantitative estimate of drug-likeness (QED) is 0.390. The van der Waals surface area contributed by atoms with Gasteiger partial charge in [0.15, 0.2) is 0 Å². The summed E-state index contributed by atoms with van der Waals surface area (Å²) in [5.74, 6) is -1.48. The number of pyridine rings is 1. The average molecular weight is 404 g/mol. The van der Waals surface area contributed by atoms with Crippen LogP contribution in [0.25, 0.3) is 5.76 Å². The molecule has 1 amide bonds. The third kappa shape index (κ3) is 3.59. The molecule has 1 unspecified atom stereocenters. The van der Waals surface area contributed by atoms with Gasteiger partial charge >= 0.3 is 0 Å². The highest BCUT2D eigenvalue weighted by Gasteiger charge is 2.46. The van der Waals surface area contributed by atoms with E-state index in [0.717, 1.165) is 16.9 Å². The number of rotatable bonds is 5. The van der Waals surface area contributed by atoms with E-state index in [1.54, 1.807) is 30.5 Å². The van der Waals surface area contributed by atoms with Crippen LogP contribution in [0.2, 0.25) is 0 Å². The summed E-state index contributed by atoms with van der Waals surface area (Å²) in [6, 6.07) is 15.8. The van der Waals surface area contributed by atoms with Crippen molar-refractivity contribution in [1.82, 2.24) is 9.88 Å². The molecule has 0 bridgehead atoms. The lowest BCUT2D eigenvalue weighted by Gasteiger charge is -2.24. The first kappa shape index (κ1) is 19.1. The lowest BCUT2D eigenvalue weighted by molar-refractivity contribution is -0.140. The fourth-order valence-corrected chi connectivity index (χ4v) is 4.22. The Morgan fingerprint density at radius 2 is 1.90 bits per heavy atom. The molecular formula is C23H20N2O3S. The molecule has 0 saturated carbocycles. The number of carbonyl (C=O) groups excluding carboxylic acids is 2. The minimum atomic E-state index is -0.732. The van der Waals surface area contributed by atoms with Crippen molar-refractivity contribution in [2.24, 2.45) is 0 Å². The van der Waals surface area contributed by atoms with Crippen molar-refractivity contribution >= 4 is 28.8 Å². The molecule has 3 aromatic rings. The lowest BCUT2D eigenvalue weighted by atomic mass is 9.97. The van der Waals surface area contributed by atoms with Crippen molar-refractivity contribution in [3.8, 4) is 0 Å². The van der Waals surface area contributed by atoms with Gasteiger partial charge in [0.25, 0.3) is 11.7 Å². The normalized spacial score (nSPS) is 18.4. The molecule has 0 aliphatic carbocycles. The van der Waals surface area contributed by atoms with Gasteiger partial charge in [0.1, 0.15) is 11.8 Å². The largest absolute Gasteiger partial charge is 0.507 e. The minimum absolute atomic E-state index is 0.0782. The van der Waals surface area contributed by atoms with Crippen molar-refractivity contribution in [3.05, 3.63) is 93.4 Å². The zero-order valence-corrected chi connectivity index (χ0v) is 16.7. The topological polar surface area (TPSA) is 70.5 Å². The number of hydrogen-bond donors (Lipinski definition) is 1. The van der Waals surface area contributed by atoms with E-state index >= 15 is 0 Å². The van der Waals surface area contributed by atoms with Crippen molar-refractivity contribution in [2.45, 2.75) is 25.9 Å². The van der Waals surface area contributed by atoms with E-state index in [2.05, 4.69) is 4.98 Å². The van der Waals surface area contributed by atoms with E-state index in [1.165, 1.54) is 16.2 Å². The van der Waals surface area contributed by atoms with Gasteiger partial charge < -0.3 is 10.0 Å². The van der Waals surface area contributed by atoms with Gasteiger partial charge in [-0.2, -0.15) is 0 Å². The molecule has 1 aromatic carbocycles. The first-order valence-electron chi connectivity index (χ1n) is 9.41.